The van der Waals surface area contributed by atoms with Crippen molar-refractivity contribution in [3.05, 3.63) is 77.4 Å². The van der Waals surface area contributed by atoms with Crippen molar-refractivity contribution in [3.63, 3.8) is 0 Å². The zero-order valence-electron chi connectivity index (χ0n) is 17.5. The second-order valence-corrected chi connectivity index (χ2v) is 7.48. The summed E-state index contributed by atoms with van der Waals surface area (Å²) in [6, 6.07) is 20.4. The van der Waals surface area contributed by atoms with Gasteiger partial charge in [-0.1, -0.05) is 24.3 Å². The molecule has 0 heterocycles. The number of carbonyl (C=O) groups excluding carboxylic acids is 1. The van der Waals surface area contributed by atoms with E-state index in [0.717, 1.165) is 10.5 Å². The van der Waals surface area contributed by atoms with E-state index in [1.807, 2.05) is 36.4 Å². The van der Waals surface area contributed by atoms with E-state index in [1.165, 1.54) is 21.3 Å². The minimum Gasteiger partial charge on any atom is -0.493 e. The topological polar surface area (TPSA) is 80.6 Å². The fourth-order valence-corrected chi connectivity index (χ4v) is 3.90. The lowest BCUT2D eigenvalue weighted by Crippen LogP contribution is -2.13. The molecular formula is C24H22N2O4S. The number of thioether (sulfide) groups is 1. The molecule has 0 radical (unpaired) electrons. The van der Waals surface area contributed by atoms with Crippen LogP contribution in [0, 0.1) is 11.3 Å². The van der Waals surface area contributed by atoms with Crippen LogP contribution in [0.1, 0.15) is 21.5 Å². The lowest BCUT2D eigenvalue weighted by atomic mass is 10.1. The standard InChI is InChI=1S/C24H22N2O4S/c1-28-20-12-18(13-21(29-2)23(20)30-3)24(27)26-19-6-4-5-7-22(19)31-15-17-10-8-16(14-25)9-11-17/h4-13H,15H2,1-3H3,(H,26,27). The van der Waals surface area contributed by atoms with E-state index < -0.39 is 0 Å². The number of ether oxygens (including phenoxy) is 3. The molecule has 0 bridgehead atoms. The molecule has 1 N–H and O–H groups in total. The average Bonchev–Trinajstić information content (AvgIpc) is 2.82. The highest BCUT2D eigenvalue weighted by Gasteiger charge is 2.18. The maximum Gasteiger partial charge on any atom is 0.255 e. The number of benzene rings is 3. The molecule has 0 unspecified atom stereocenters. The molecule has 31 heavy (non-hydrogen) atoms. The Morgan fingerprint density at radius 1 is 0.968 bits per heavy atom. The summed E-state index contributed by atoms with van der Waals surface area (Å²) in [6.07, 6.45) is 0. The lowest BCUT2D eigenvalue weighted by Gasteiger charge is -2.15. The third kappa shape index (κ3) is 5.30. The second-order valence-electron chi connectivity index (χ2n) is 6.46. The summed E-state index contributed by atoms with van der Waals surface area (Å²) in [6.45, 7) is 0. The maximum atomic E-state index is 12.9. The molecule has 6 nitrogen and oxygen atoms in total. The Morgan fingerprint density at radius 2 is 1.61 bits per heavy atom. The van der Waals surface area contributed by atoms with E-state index >= 15 is 0 Å². The predicted octanol–water partition coefficient (Wildman–Crippen LogP) is 5.13. The minimum absolute atomic E-state index is 0.286. The number of nitrogens with zero attached hydrogens (tertiary/aromatic N) is 1. The molecule has 7 heteroatoms. The van der Waals surface area contributed by atoms with E-state index in [2.05, 4.69) is 11.4 Å². The summed E-state index contributed by atoms with van der Waals surface area (Å²) in [7, 11) is 4.53. The van der Waals surface area contributed by atoms with Gasteiger partial charge in [0.2, 0.25) is 5.75 Å². The summed E-state index contributed by atoms with van der Waals surface area (Å²) in [5.74, 6) is 1.68. The number of hydrogen-bond acceptors (Lipinski definition) is 6. The van der Waals surface area contributed by atoms with Crippen molar-refractivity contribution in [2.24, 2.45) is 0 Å². The Morgan fingerprint density at radius 3 is 2.19 bits per heavy atom. The SMILES string of the molecule is COc1cc(C(=O)Nc2ccccc2SCc2ccc(C#N)cc2)cc(OC)c1OC. The summed E-state index contributed by atoms with van der Waals surface area (Å²) in [4.78, 5) is 13.9. The van der Waals surface area contributed by atoms with Gasteiger partial charge in [0.1, 0.15) is 0 Å². The van der Waals surface area contributed by atoms with Crippen LogP contribution in [-0.2, 0) is 5.75 Å². The molecule has 3 aromatic carbocycles. The zero-order chi connectivity index (χ0) is 22.2. The molecule has 158 valence electrons. The molecule has 1 amide bonds. The summed E-state index contributed by atoms with van der Waals surface area (Å²) in [5.41, 5.74) is 2.82. The van der Waals surface area contributed by atoms with Crippen LogP contribution < -0.4 is 19.5 Å². The quantitative estimate of drug-likeness (QED) is 0.495. The fourth-order valence-electron chi connectivity index (χ4n) is 2.94. The molecule has 0 aliphatic rings. The number of carbonyl (C=O) groups is 1. The van der Waals surface area contributed by atoms with Gasteiger partial charge in [-0.3, -0.25) is 4.79 Å². The average molecular weight is 435 g/mol. The molecule has 0 atom stereocenters. The van der Waals surface area contributed by atoms with Crippen molar-refractivity contribution in [2.75, 3.05) is 26.6 Å². The van der Waals surface area contributed by atoms with Gasteiger partial charge in [0.25, 0.3) is 5.91 Å². The van der Waals surface area contributed by atoms with E-state index in [-0.39, 0.29) is 5.91 Å². The predicted molar refractivity (Wildman–Crippen MR) is 121 cm³/mol. The fraction of sp³-hybridized carbons (Fsp3) is 0.167. The molecule has 0 aromatic heterocycles. The number of nitriles is 1. The first-order chi connectivity index (χ1) is 15.1. The molecule has 3 rings (SSSR count). The van der Waals surface area contributed by atoms with Crippen LogP contribution in [0.3, 0.4) is 0 Å². The van der Waals surface area contributed by atoms with Gasteiger partial charge in [0.15, 0.2) is 11.5 Å². The van der Waals surface area contributed by atoms with Crippen LogP contribution in [0.5, 0.6) is 17.2 Å². The molecule has 0 saturated heterocycles. The number of para-hydroxylation sites is 1. The number of anilines is 1. The summed E-state index contributed by atoms with van der Waals surface area (Å²) >= 11 is 1.61. The molecule has 0 aliphatic carbocycles. The first kappa shape index (κ1) is 22.1. The number of amides is 1. The first-order valence-electron chi connectivity index (χ1n) is 9.41. The van der Waals surface area contributed by atoms with Crippen molar-refractivity contribution in [1.82, 2.24) is 0 Å². The molecule has 0 saturated carbocycles. The molecule has 0 fully saturated rings. The Kier molecular flexibility index (Phi) is 7.41. The normalized spacial score (nSPS) is 10.1. The molecular weight excluding hydrogens is 412 g/mol. The van der Waals surface area contributed by atoms with Gasteiger partial charge in [-0.25, -0.2) is 0 Å². The molecule has 0 spiro atoms. The van der Waals surface area contributed by atoms with Gasteiger partial charge in [-0.15, -0.1) is 11.8 Å². The third-order valence-electron chi connectivity index (χ3n) is 4.54. The van der Waals surface area contributed by atoms with Gasteiger partial charge in [-0.05, 0) is 42.0 Å². The van der Waals surface area contributed by atoms with Crippen LogP contribution in [0.25, 0.3) is 0 Å². The highest BCUT2D eigenvalue weighted by atomic mass is 32.2. The lowest BCUT2D eigenvalue weighted by molar-refractivity contribution is 0.102. The van der Waals surface area contributed by atoms with Crippen molar-refractivity contribution < 1.29 is 19.0 Å². The number of hydrogen-bond donors (Lipinski definition) is 1. The smallest absolute Gasteiger partial charge is 0.255 e. The minimum atomic E-state index is -0.286. The van der Waals surface area contributed by atoms with Gasteiger partial charge in [-0.2, -0.15) is 5.26 Å². The van der Waals surface area contributed by atoms with Crippen molar-refractivity contribution >= 4 is 23.4 Å². The highest BCUT2D eigenvalue weighted by Crippen LogP contribution is 2.38. The van der Waals surface area contributed by atoms with Crippen LogP contribution in [-0.4, -0.2) is 27.2 Å². The number of methoxy groups -OCH3 is 3. The third-order valence-corrected chi connectivity index (χ3v) is 5.68. The first-order valence-corrected chi connectivity index (χ1v) is 10.4. The van der Waals surface area contributed by atoms with E-state index in [0.29, 0.717) is 39.8 Å². The second kappa shape index (κ2) is 10.4. The van der Waals surface area contributed by atoms with Crippen molar-refractivity contribution in [2.45, 2.75) is 10.6 Å². The van der Waals surface area contributed by atoms with Crippen LogP contribution >= 0.6 is 11.8 Å². The van der Waals surface area contributed by atoms with Crippen molar-refractivity contribution in [3.8, 4) is 23.3 Å². The van der Waals surface area contributed by atoms with Gasteiger partial charge in [0, 0.05) is 16.2 Å². The largest absolute Gasteiger partial charge is 0.493 e. The Bertz CT molecular complexity index is 1080. The number of nitrogens with one attached hydrogen (secondary N) is 1. The summed E-state index contributed by atoms with van der Waals surface area (Å²) in [5, 5.41) is 11.9. The maximum absolute atomic E-state index is 12.9. The van der Waals surface area contributed by atoms with Gasteiger partial charge < -0.3 is 19.5 Å². The van der Waals surface area contributed by atoms with Crippen molar-refractivity contribution in [1.29, 1.82) is 5.26 Å². The Labute approximate surface area is 185 Å². The zero-order valence-corrected chi connectivity index (χ0v) is 18.3. The van der Waals surface area contributed by atoms with E-state index in [4.69, 9.17) is 19.5 Å². The van der Waals surface area contributed by atoms with Crippen LogP contribution in [0.2, 0.25) is 0 Å². The molecule has 3 aromatic rings. The monoisotopic (exact) mass is 434 g/mol. The van der Waals surface area contributed by atoms with E-state index in [1.54, 1.807) is 36.0 Å². The Balaban J connectivity index is 1.78. The van der Waals surface area contributed by atoms with Crippen LogP contribution in [0.15, 0.2) is 65.6 Å². The highest BCUT2D eigenvalue weighted by molar-refractivity contribution is 7.98. The van der Waals surface area contributed by atoms with Gasteiger partial charge in [0.05, 0.1) is 38.6 Å². The van der Waals surface area contributed by atoms with E-state index in [9.17, 15) is 4.79 Å². The van der Waals surface area contributed by atoms with Gasteiger partial charge >= 0.3 is 0 Å². The number of rotatable bonds is 8. The molecule has 0 aliphatic heterocycles. The van der Waals surface area contributed by atoms with Crippen LogP contribution in [0.4, 0.5) is 5.69 Å². The Hall–Kier alpha value is -3.63. The summed E-state index contributed by atoms with van der Waals surface area (Å²) < 4.78 is 16.0.